The first-order valence-electron chi connectivity index (χ1n) is 5.56. The minimum absolute atomic E-state index is 0. The van der Waals surface area contributed by atoms with E-state index in [0.717, 1.165) is 13.2 Å². The van der Waals surface area contributed by atoms with Crippen LogP contribution >= 0.6 is 12.4 Å². The van der Waals surface area contributed by atoms with Crippen LogP contribution in [0.1, 0.15) is 25.6 Å². The zero-order chi connectivity index (χ0) is 11.5. The van der Waals surface area contributed by atoms with Gasteiger partial charge in [0.05, 0.1) is 25.8 Å². The number of hydrogen-bond acceptors (Lipinski definition) is 6. The Balaban J connectivity index is 0.00000144. The second-order valence-electron chi connectivity index (χ2n) is 4.23. The van der Waals surface area contributed by atoms with Crippen LogP contribution in [0.4, 0.5) is 0 Å². The molecular formula is C10H19ClN4O2. The van der Waals surface area contributed by atoms with Gasteiger partial charge in [-0.05, 0) is 13.8 Å². The van der Waals surface area contributed by atoms with Crippen molar-refractivity contribution in [3.05, 3.63) is 11.7 Å². The Morgan fingerprint density at radius 1 is 1.47 bits per heavy atom. The van der Waals surface area contributed by atoms with E-state index in [1.807, 2.05) is 0 Å². The molecule has 1 aromatic rings. The van der Waals surface area contributed by atoms with E-state index >= 15 is 0 Å². The molecule has 1 aliphatic rings. The van der Waals surface area contributed by atoms with Gasteiger partial charge in [0.15, 0.2) is 5.82 Å². The quantitative estimate of drug-likeness (QED) is 0.858. The molecule has 2 atom stereocenters. The van der Waals surface area contributed by atoms with Crippen molar-refractivity contribution in [3.63, 3.8) is 0 Å². The van der Waals surface area contributed by atoms with Gasteiger partial charge in [-0.25, -0.2) is 0 Å². The molecule has 0 bridgehead atoms. The summed E-state index contributed by atoms with van der Waals surface area (Å²) >= 11 is 0. The van der Waals surface area contributed by atoms with Crippen LogP contribution in [0, 0.1) is 0 Å². The summed E-state index contributed by atoms with van der Waals surface area (Å²) in [6.45, 7) is 6.84. The van der Waals surface area contributed by atoms with Crippen molar-refractivity contribution in [1.29, 1.82) is 0 Å². The normalized spacial score (nSPS) is 25.6. The van der Waals surface area contributed by atoms with Crippen LogP contribution in [-0.4, -0.2) is 40.3 Å². The first-order chi connectivity index (χ1) is 7.69. The molecule has 1 saturated heterocycles. The lowest BCUT2D eigenvalue weighted by Crippen LogP contribution is -2.46. The predicted molar refractivity (Wildman–Crippen MR) is 64.7 cm³/mol. The van der Waals surface area contributed by atoms with E-state index in [1.54, 1.807) is 0 Å². The molecule has 0 aliphatic carbocycles. The first-order valence-corrected chi connectivity index (χ1v) is 5.56. The van der Waals surface area contributed by atoms with Crippen molar-refractivity contribution in [2.45, 2.75) is 39.1 Å². The van der Waals surface area contributed by atoms with Gasteiger partial charge in [0.1, 0.15) is 0 Å². The van der Waals surface area contributed by atoms with E-state index in [-0.39, 0.29) is 18.5 Å². The summed E-state index contributed by atoms with van der Waals surface area (Å²) in [6, 6.07) is 0.385. The number of nitrogens with zero attached hydrogens (tertiary/aromatic N) is 3. The average molecular weight is 263 g/mol. The summed E-state index contributed by atoms with van der Waals surface area (Å²) in [5.74, 6) is 1.19. The molecule has 17 heavy (non-hydrogen) atoms. The van der Waals surface area contributed by atoms with Crippen LogP contribution in [0.3, 0.4) is 0 Å². The molecule has 98 valence electrons. The fourth-order valence-corrected chi connectivity index (χ4v) is 1.81. The number of aromatic nitrogens is 2. The predicted octanol–water partition coefficient (Wildman–Crippen LogP) is 0.559. The number of ether oxygens (including phenoxy) is 1. The lowest BCUT2D eigenvalue weighted by molar-refractivity contribution is -0.0536. The molecule has 0 saturated carbocycles. The van der Waals surface area contributed by atoms with Crippen LogP contribution in [0.15, 0.2) is 4.52 Å². The van der Waals surface area contributed by atoms with Crippen molar-refractivity contribution in [1.82, 2.24) is 15.0 Å². The highest BCUT2D eigenvalue weighted by atomic mass is 35.5. The zero-order valence-corrected chi connectivity index (χ0v) is 10.9. The maximum Gasteiger partial charge on any atom is 0.240 e. The Labute approximate surface area is 107 Å². The van der Waals surface area contributed by atoms with Crippen LogP contribution in [-0.2, 0) is 17.8 Å². The van der Waals surface area contributed by atoms with Gasteiger partial charge < -0.3 is 15.0 Å². The third-order valence-electron chi connectivity index (χ3n) is 2.77. The zero-order valence-electron chi connectivity index (χ0n) is 10.1. The van der Waals surface area contributed by atoms with Gasteiger partial charge in [-0.3, -0.25) is 4.90 Å². The summed E-state index contributed by atoms with van der Waals surface area (Å²) in [5, 5.41) is 3.89. The second-order valence-corrected chi connectivity index (χ2v) is 4.23. The number of nitrogens with two attached hydrogens (primary N) is 1. The standard InChI is InChI=1S/C10H18N4O2.ClH/c1-7-6-15-8(2)4-14(7)5-9-12-10(3-11)16-13-9;/h7-8H,3-6,11H2,1-2H3;1H. The maximum atomic E-state index is 5.56. The molecule has 2 unspecified atom stereocenters. The molecule has 0 spiro atoms. The fourth-order valence-electron chi connectivity index (χ4n) is 1.81. The first kappa shape index (κ1) is 14.4. The molecular weight excluding hydrogens is 244 g/mol. The maximum absolute atomic E-state index is 5.56. The van der Waals surface area contributed by atoms with Gasteiger partial charge in [0.2, 0.25) is 5.89 Å². The SMILES string of the molecule is CC1CN(Cc2noc(CN)n2)C(C)CO1.Cl. The van der Waals surface area contributed by atoms with Gasteiger partial charge in [-0.1, -0.05) is 5.16 Å². The molecule has 0 aromatic carbocycles. The van der Waals surface area contributed by atoms with Gasteiger partial charge >= 0.3 is 0 Å². The van der Waals surface area contributed by atoms with Crippen LogP contribution in [0.2, 0.25) is 0 Å². The largest absolute Gasteiger partial charge is 0.376 e. The Bertz CT molecular complexity index is 347. The van der Waals surface area contributed by atoms with E-state index in [1.165, 1.54) is 0 Å². The van der Waals surface area contributed by atoms with Crippen molar-refractivity contribution >= 4 is 12.4 Å². The Hall–Kier alpha value is -0.690. The third kappa shape index (κ3) is 3.64. The Kier molecular flexibility index (Phi) is 5.32. The van der Waals surface area contributed by atoms with E-state index < -0.39 is 0 Å². The average Bonchev–Trinajstić information content (AvgIpc) is 2.71. The van der Waals surface area contributed by atoms with E-state index in [0.29, 0.717) is 30.8 Å². The Morgan fingerprint density at radius 2 is 2.24 bits per heavy atom. The number of halogens is 1. The second kappa shape index (κ2) is 6.30. The van der Waals surface area contributed by atoms with Gasteiger partial charge in [-0.15, -0.1) is 12.4 Å². The lowest BCUT2D eigenvalue weighted by Gasteiger charge is -2.35. The summed E-state index contributed by atoms with van der Waals surface area (Å²) < 4.78 is 10.5. The molecule has 1 aliphatic heterocycles. The molecule has 6 nitrogen and oxygen atoms in total. The third-order valence-corrected chi connectivity index (χ3v) is 2.77. The molecule has 2 heterocycles. The Morgan fingerprint density at radius 3 is 2.88 bits per heavy atom. The highest BCUT2D eigenvalue weighted by molar-refractivity contribution is 5.85. The molecule has 0 amide bonds. The van der Waals surface area contributed by atoms with Crippen molar-refractivity contribution in [2.24, 2.45) is 5.73 Å². The summed E-state index contributed by atoms with van der Waals surface area (Å²) in [6.07, 6.45) is 0.261. The van der Waals surface area contributed by atoms with Crippen LogP contribution < -0.4 is 5.73 Å². The smallest absolute Gasteiger partial charge is 0.240 e. The van der Waals surface area contributed by atoms with E-state index in [4.69, 9.17) is 15.0 Å². The molecule has 2 rings (SSSR count). The number of rotatable bonds is 3. The minimum atomic E-state index is 0. The van der Waals surface area contributed by atoms with Gasteiger partial charge in [-0.2, -0.15) is 4.98 Å². The van der Waals surface area contributed by atoms with E-state index in [9.17, 15) is 0 Å². The number of morpholine rings is 1. The highest BCUT2D eigenvalue weighted by Crippen LogP contribution is 2.13. The van der Waals surface area contributed by atoms with E-state index in [2.05, 4.69) is 28.9 Å². The summed E-state index contributed by atoms with van der Waals surface area (Å²) in [7, 11) is 0. The van der Waals surface area contributed by atoms with Crippen molar-refractivity contribution in [3.8, 4) is 0 Å². The molecule has 1 aromatic heterocycles. The monoisotopic (exact) mass is 262 g/mol. The molecule has 0 radical (unpaired) electrons. The highest BCUT2D eigenvalue weighted by Gasteiger charge is 2.24. The summed E-state index contributed by atoms with van der Waals surface area (Å²) in [5.41, 5.74) is 5.42. The van der Waals surface area contributed by atoms with Crippen LogP contribution in [0.5, 0.6) is 0 Å². The number of hydrogen-bond donors (Lipinski definition) is 1. The fraction of sp³-hybridized carbons (Fsp3) is 0.800. The van der Waals surface area contributed by atoms with Gasteiger partial charge in [0, 0.05) is 12.6 Å². The summed E-state index contributed by atoms with van der Waals surface area (Å²) in [4.78, 5) is 6.49. The molecule has 1 fully saturated rings. The van der Waals surface area contributed by atoms with Crippen molar-refractivity contribution in [2.75, 3.05) is 13.2 Å². The minimum Gasteiger partial charge on any atom is -0.376 e. The molecule has 2 N–H and O–H groups in total. The van der Waals surface area contributed by atoms with Crippen molar-refractivity contribution < 1.29 is 9.26 Å². The van der Waals surface area contributed by atoms with Gasteiger partial charge in [0.25, 0.3) is 0 Å². The lowest BCUT2D eigenvalue weighted by atomic mass is 10.2. The van der Waals surface area contributed by atoms with Crippen LogP contribution in [0.25, 0.3) is 0 Å². The topological polar surface area (TPSA) is 77.4 Å². The molecule has 7 heteroatoms.